The summed E-state index contributed by atoms with van der Waals surface area (Å²) in [6, 6.07) is 17.2. The normalized spacial score (nSPS) is 11.5. The molecule has 0 fully saturated rings. The fourth-order valence-electron chi connectivity index (χ4n) is 2.13. The van der Waals surface area contributed by atoms with Crippen LogP contribution in [0.2, 0.25) is 0 Å². The summed E-state index contributed by atoms with van der Waals surface area (Å²) in [4.78, 5) is 13.2. The van der Waals surface area contributed by atoms with E-state index < -0.39 is 0 Å². The van der Waals surface area contributed by atoms with E-state index >= 15 is 0 Å². The Bertz CT molecular complexity index is 678. The molecule has 0 saturated carbocycles. The Morgan fingerprint density at radius 2 is 1.67 bits per heavy atom. The Kier molecular flexibility index (Phi) is 8.84. The molecule has 0 aliphatic rings. The van der Waals surface area contributed by atoms with Gasteiger partial charge in [0.2, 0.25) is 0 Å². The summed E-state index contributed by atoms with van der Waals surface area (Å²) < 4.78 is 18.2. The van der Waals surface area contributed by atoms with E-state index in [0.29, 0.717) is 18.9 Å². The first-order valence-electron chi connectivity index (χ1n) is 9.19. The van der Waals surface area contributed by atoms with Crippen molar-refractivity contribution in [2.45, 2.75) is 38.2 Å². The molecular weight excluding hydrogens is 362 g/mol. The van der Waals surface area contributed by atoms with Crippen LogP contribution < -0.4 is 9.47 Å². The molecule has 27 heavy (non-hydrogen) atoms. The molecule has 2 rings (SSSR count). The van der Waals surface area contributed by atoms with Gasteiger partial charge in [0.15, 0.2) is 0 Å². The molecule has 0 aromatic heterocycles. The van der Waals surface area contributed by atoms with E-state index in [9.17, 15) is 4.79 Å². The minimum absolute atomic E-state index is 0.187. The smallest absolute Gasteiger partial charge is 0.420 e. The third-order valence-corrected chi connectivity index (χ3v) is 4.87. The van der Waals surface area contributed by atoms with Crippen LogP contribution >= 0.6 is 11.9 Å². The highest BCUT2D eigenvalue weighted by atomic mass is 32.2. The van der Waals surface area contributed by atoms with Gasteiger partial charge in [0.05, 0.1) is 6.10 Å². The number of carbonyl (C=O) groups excluding carboxylic acids is 1. The van der Waals surface area contributed by atoms with Gasteiger partial charge in [-0.15, -0.1) is 0 Å². The fourth-order valence-corrected chi connectivity index (χ4v) is 2.92. The van der Waals surface area contributed by atoms with E-state index in [1.54, 1.807) is 4.31 Å². The van der Waals surface area contributed by atoms with Crippen molar-refractivity contribution in [1.29, 1.82) is 0 Å². The number of carbonyl (C=O) groups is 1. The Labute approximate surface area is 165 Å². The van der Waals surface area contributed by atoms with Crippen LogP contribution in [0.1, 0.15) is 27.2 Å². The summed E-state index contributed by atoms with van der Waals surface area (Å²) in [5.74, 6) is 1.54. The van der Waals surface area contributed by atoms with Crippen LogP contribution in [0.25, 0.3) is 0 Å². The number of hydrogen-bond donors (Lipinski definition) is 0. The predicted molar refractivity (Wildman–Crippen MR) is 108 cm³/mol. The molecular formula is C21H27NO4S. The van der Waals surface area contributed by atoms with Crippen molar-refractivity contribution < 1.29 is 19.0 Å². The second-order valence-corrected chi connectivity index (χ2v) is 6.96. The maximum absolute atomic E-state index is 12.2. The molecule has 0 aliphatic carbocycles. The number of nitrogens with zero attached hydrogens (tertiary/aromatic N) is 1. The lowest BCUT2D eigenvalue weighted by Crippen LogP contribution is -2.26. The SMILES string of the molecule is CCC(C)Oc1ccc(OCCOC(=O)N(CC)Sc2ccccc2)cc1. The Balaban J connectivity index is 1.71. The molecule has 6 heteroatoms. The van der Waals surface area contributed by atoms with Crippen LogP contribution in [0.15, 0.2) is 59.5 Å². The van der Waals surface area contributed by atoms with E-state index in [4.69, 9.17) is 14.2 Å². The topological polar surface area (TPSA) is 48.0 Å². The van der Waals surface area contributed by atoms with E-state index in [1.165, 1.54) is 11.9 Å². The van der Waals surface area contributed by atoms with E-state index in [1.807, 2.05) is 68.4 Å². The van der Waals surface area contributed by atoms with Crippen LogP contribution in [-0.2, 0) is 4.74 Å². The van der Waals surface area contributed by atoms with Gasteiger partial charge in [0, 0.05) is 11.4 Å². The van der Waals surface area contributed by atoms with Crippen molar-refractivity contribution in [3.63, 3.8) is 0 Å². The number of hydrogen-bond acceptors (Lipinski definition) is 5. The van der Waals surface area contributed by atoms with Gasteiger partial charge < -0.3 is 14.2 Å². The summed E-state index contributed by atoms with van der Waals surface area (Å²) in [5, 5.41) is 0. The van der Waals surface area contributed by atoms with Crippen LogP contribution in [0.3, 0.4) is 0 Å². The maximum atomic E-state index is 12.2. The summed E-state index contributed by atoms with van der Waals surface area (Å²) in [6.45, 7) is 7.07. The first kappa shape index (κ1) is 21.0. The molecule has 0 spiro atoms. The van der Waals surface area contributed by atoms with Gasteiger partial charge in [-0.25, -0.2) is 9.10 Å². The molecule has 0 bridgehead atoms. The lowest BCUT2D eigenvalue weighted by atomic mass is 10.3. The number of benzene rings is 2. The molecule has 0 radical (unpaired) electrons. The second-order valence-electron chi connectivity index (χ2n) is 5.87. The lowest BCUT2D eigenvalue weighted by Gasteiger charge is -2.19. The molecule has 2 aromatic carbocycles. The average molecular weight is 390 g/mol. The van der Waals surface area contributed by atoms with Gasteiger partial charge in [0.25, 0.3) is 0 Å². The third kappa shape index (κ3) is 7.43. The zero-order valence-electron chi connectivity index (χ0n) is 16.1. The largest absolute Gasteiger partial charge is 0.491 e. The predicted octanol–water partition coefficient (Wildman–Crippen LogP) is 5.41. The minimum atomic E-state index is -0.368. The third-order valence-electron chi connectivity index (χ3n) is 3.76. The molecule has 5 nitrogen and oxygen atoms in total. The molecule has 1 atom stereocenters. The van der Waals surface area contributed by atoms with Crippen molar-refractivity contribution in [2.24, 2.45) is 0 Å². The van der Waals surface area contributed by atoms with E-state index in [-0.39, 0.29) is 18.8 Å². The molecule has 1 amide bonds. The zero-order chi connectivity index (χ0) is 19.5. The molecule has 0 saturated heterocycles. The molecule has 0 N–H and O–H groups in total. The Morgan fingerprint density at radius 3 is 2.30 bits per heavy atom. The van der Waals surface area contributed by atoms with Gasteiger partial charge in [-0.2, -0.15) is 0 Å². The van der Waals surface area contributed by atoms with Crippen molar-refractivity contribution in [3.05, 3.63) is 54.6 Å². The summed E-state index contributed by atoms with van der Waals surface area (Å²) in [6.07, 6.45) is 0.778. The Hall–Kier alpha value is -2.34. The molecule has 146 valence electrons. The van der Waals surface area contributed by atoms with Gasteiger partial charge in [-0.1, -0.05) is 25.1 Å². The highest BCUT2D eigenvalue weighted by Gasteiger charge is 2.14. The average Bonchev–Trinajstić information content (AvgIpc) is 2.71. The van der Waals surface area contributed by atoms with Crippen LogP contribution in [0.4, 0.5) is 4.79 Å². The van der Waals surface area contributed by atoms with Crippen LogP contribution in [0, 0.1) is 0 Å². The van der Waals surface area contributed by atoms with E-state index in [2.05, 4.69) is 6.92 Å². The quantitative estimate of drug-likeness (QED) is 0.402. The minimum Gasteiger partial charge on any atom is -0.491 e. The number of amides is 1. The number of ether oxygens (including phenoxy) is 3. The molecule has 0 aliphatic heterocycles. The standard InChI is InChI=1S/C21H27NO4S/c1-4-17(3)26-19-13-11-18(12-14-19)24-15-16-25-21(23)22(5-2)27-20-9-7-6-8-10-20/h6-14,17H,4-5,15-16H2,1-3H3. The second kappa shape index (κ2) is 11.4. The van der Waals surface area contributed by atoms with Gasteiger partial charge in [-0.05, 0) is 68.6 Å². The van der Waals surface area contributed by atoms with Gasteiger partial charge in [-0.3, -0.25) is 0 Å². The van der Waals surface area contributed by atoms with Crippen molar-refractivity contribution in [1.82, 2.24) is 4.31 Å². The highest BCUT2D eigenvalue weighted by Crippen LogP contribution is 2.23. The first-order valence-corrected chi connectivity index (χ1v) is 9.96. The van der Waals surface area contributed by atoms with Crippen molar-refractivity contribution >= 4 is 18.0 Å². The number of rotatable bonds is 10. The van der Waals surface area contributed by atoms with Crippen LogP contribution in [0.5, 0.6) is 11.5 Å². The van der Waals surface area contributed by atoms with Gasteiger partial charge >= 0.3 is 6.09 Å². The summed E-state index contributed by atoms with van der Waals surface area (Å²) in [5.41, 5.74) is 0. The summed E-state index contributed by atoms with van der Waals surface area (Å²) in [7, 11) is 0. The first-order chi connectivity index (χ1) is 13.1. The Morgan fingerprint density at radius 1 is 1.00 bits per heavy atom. The maximum Gasteiger partial charge on any atom is 0.420 e. The molecule has 2 aromatic rings. The van der Waals surface area contributed by atoms with E-state index in [0.717, 1.165) is 17.1 Å². The lowest BCUT2D eigenvalue weighted by molar-refractivity contribution is 0.111. The monoisotopic (exact) mass is 389 g/mol. The zero-order valence-corrected chi connectivity index (χ0v) is 16.9. The fraction of sp³-hybridized carbons (Fsp3) is 0.381. The molecule has 1 unspecified atom stereocenters. The van der Waals surface area contributed by atoms with Crippen molar-refractivity contribution in [3.8, 4) is 11.5 Å². The molecule has 0 heterocycles. The highest BCUT2D eigenvalue weighted by molar-refractivity contribution is 7.97. The van der Waals surface area contributed by atoms with Gasteiger partial charge in [0.1, 0.15) is 24.7 Å². The summed E-state index contributed by atoms with van der Waals surface area (Å²) >= 11 is 1.36. The van der Waals surface area contributed by atoms with Crippen molar-refractivity contribution in [2.75, 3.05) is 19.8 Å². The van der Waals surface area contributed by atoms with Crippen LogP contribution in [-0.4, -0.2) is 36.3 Å².